The van der Waals surface area contributed by atoms with Gasteiger partial charge in [-0.15, -0.1) is 0 Å². The Kier molecular flexibility index (Phi) is 0.947. The molecule has 0 unspecified atom stereocenters. The van der Waals surface area contributed by atoms with Gasteiger partial charge in [0.15, 0.2) is 0 Å². The van der Waals surface area contributed by atoms with Gasteiger partial charge in [0, 0.05) is 9.68 Å². The summed E-state index contributed by atoms with van der Waals surface area (Å²) in [5.74, 6) is -0.716. The van der Waals surface area contributed by atoms with Gasteiger partial charge in [-0.2, -0.15) is 0 Å². The SMILES string of the molecule is [2H]C([2H])([2H])c1ccccc1C(N)=O. The molecule has 0 aromatic heterocycles. The van der Waals surface area contributed by atoms with Gasteiger partial charge < -0.3 is 5.73 Å². The Hall–Kier alpha value is -1.31. The van der Waals surface area contributed by atoms with E-state index in [1.54, 1.807) is 12.1 Å². The maximum Gasteiger partial charge on any atom is 0.248 e. The second-order valence-corrected chi connectivity index (χ2v) is 1.91. The molecule has 52 valence electrons. The van der Waals surface area contributed by atoms with Crippen molar-refractivity contribution in [2.45, 2.75) is 6.85 Å². The molecule has 2 nitrogen and oxygen atoms in total. The summed E-state index contributed by atoms with van der Waals surface area (Å²) in [5.41, 5.74) is 5.08. The molecule has 0 bridgehead atoms. The molecule has 1 amide bonds. The highest BCUT2D eigenvalue weighted by Crippen LogP contribution is 2.04. The normalized spacial score (nSPS) is 15.0. The maximum atomic E-state index is 10.8. The molecule has 0 spiro atoms. The second kappa shape index (κ2) is 2.52. The van der Waals surface area contributed by atoms with Gasteiger partial charge in [0.2, 0.25) is 5.91 Å². The number of nitrogens with two attached hydrogens (primary N) is 1. The second-order valence-electron chi connectivity index (χ2n) is 1.91. The first-order valence-corrected chi connectivity index (χ1v) is 2.82. The molecule has 0 heterocycles. The molecule has 0 aliphatic heterocycles. The van der Waals surface area contributed by atoms with E-state index < -0.39 is 12.8 Å². The number of carbonyl (C=O) groups excluding carboxylic acids is 1. The molecule has 10 heavy (non-hydrogen) atoms. The quantitative estimate of drug-likeness (QED) is 0.620. The lowest BCUT2D eigenvalue weighted by Crippen LogP contribution is -2.12. The number of amides is 1. The van der Waals surface area contributed by atoms with Crippen molar-refractivity contribution in [3.05, 3.63) is 35.4 Å². The molecule has 1 rings (SSSR count). The highest BCUT2D eigenvalue weighted by molar-refractivity contribution is 5.94. The van der Waals surface area contributed by atoms with Crippen molar-refractivity contribution in [1.82, 2.24) is 0 Å². The fourth-order valence-corrected chi connectivity index (χ4v) is 0.698. The zero-order valence-corrected chi connectivity index (χ0v) is 5.29. The van der Waals surface area contributed by atoms with Crippen LogP contribution in [0.3, 0.4) is 0 Å². The molecule has 0 atom stereocenters. The highest BCUT2D eigenvalue weighted by Gasteiger charge is 2.00. The van der Waals surface area contributed by atoms with Gasteiger partial charge in [0.1, 0.15) is 0 Å². The van der Waals surface area contributed by atoms with E-state index in [1.807, 2.05) is 0 Å². The fraction of sp³-hybridized carbons (Fsp3) is 0.125. The summed E-state index contributed by atoms with van der Waals surface area (Å²) in [7, 11) is 0. The molecule has 0 saturated carbocycles. The minimum atomic E-state index is -2.29. The predicted octanol–water partition coefficient (Wildman–Crippen LogP) is 1.09. The van der Waals surface area contributed by atoms with E-state index >= 15 is 0 Å². The summed E-state index contributed by atoms with van der Waals surface area (Å²) in [5, 5.41) is 0. The predicted molar refractivity (Wildman–Crippen MR) is 39.7 cm³/mol. The topological polar surface area (TPSA) is 43.1 Å². The standard InChI is InChI=1S/C8H9NO/c1-6-4-2-3-5-7(6)8(9)10/h2-5H,1H3,(H2,9,10)/i1D3. The number of rotatable bonds is 1. The zero-order chi connectivity index (χ0) is 10.1. The Bertz CT molecular complexity index is 332. The molecular weight excluding hydrogens is 126 g/mol. The van der Waals surface area contributed by atoms with Gasteiger partial charge in [-0.05, 0) is 18.5 Å². The number of carbonyl (C=O) groups is 1. The van der Waals surface area contributed by atoms with E-state index in [0.717, 1.165) is 0 Å². The van der Waals surface area contributed by atoms with Crippen LogP contribution in [0.1, 0.15) is 20.0 Å². The van der Waals surface area contributed by atoms with Gasteiger partial charge in [0.25, 0.3) is 0 Å². The van der Waals surface area contributed by atoms with Crippen LogP contribution in [0.4, 0.5) is 0 Å². The van der Waals surface area contributed by atoms with Gasteiger partial charge in [0.05, 0.1) is 0 Å². The summed E-state index contributed by atoms with van der Waals surface area (Å²) in [6, 6.07) is 5.93. The van der Waals surface area contributed by atoms with Crippen LogP contribution in [0.15, 0.2) is 24.3 Å². The van der Waals surface area contributed by atoms with E-state index in [1.165, 1.54) is 12.1 Å². The first kappa shape index (κ1) is 3.76. The summed E-state index contributed by atoms with van der Waals surface area (Å²) in [4.78, 5) is 10.8. The van der Waals surface area contributed by atoms with Crippen LogP contribution in [0.2, 0.25) is 0 Å². The van der Waals surface area contributed by atoms with Crippen molar-refractivity contribution >= 4 is 5.91 Å². The number of hydrogen-bond acceptors (Lipinski definition) is 1. The van der Waals surface area contributed by atoms with Gasteiger partial charge >= 0.3 is 0 Å². The number of hydrogen-bond donors (Lipinski definition) is 1. The van der Waals surface area contributed by atoms with Crippen LogP contribution in [0.5, 0.6) is 0 Å². The zero-order valence-electron chi connectivity index (χ0n) is 8.29. The third-order valence-corrected chi connectivity index (χ3v) is 1.19. The Balaban J connectivity index is 3.28. The summed E-state index contributed by atoms with van der Waals surface area (Å²) in [6.45, 7) is -2.29. The van der Waals surface area contributed by atoms with Crippen molar-refractivity contribution in [1.29, 1.82) is 0 Å². The minimum Gasteiger partial charge on any atom is -0.366 e. The van der Waals surface area contributed by atoms with Crippen molar-refractivity contribution in [3.8, 4) is 0 Å². The van der Waals surface area contributed by atoms with E-state index in [4.69, 9.17) is 9.85 Å². The van der Waals surface area contributed by atoms with Gasteiger partial charge in [-0.3, -0.25) is 4.79 Å². The first-order valence-electron chi connectivity index (χ1n) is 4.32. The molecule has 2 heteroatoms. The number of aryl methyl sites for hydroxylation is 1. The van der Waals surface area contributed by atoms with Gasteiger partial charge in [-0.25, -0.2) is 0 Å². The van der Waals surface area contributed by atoms with Crippen LogP contribution in [0, 0.1) is 6.85 Å². The molecule has 2 N–H and O–H groups in total. The van der Waals surface area contributed by atoms with Gasteiger partial charge in [-0.1, -0.05) is 18.2 Å². The van der Waals surface area contributed by atoms with Crippen molar-refractivity contribution in [3.63, 3.8) is 0 Å². The minimum absolute atomic E-state index is 0.00231. The molecule has 0 aliphatic carbocycles. The first-order chi connectivity index (χ1) is 5.93. The smallest absolute Gasteiger partial charge is 0.248 e. The summed E-state index contributed by atoms with van der Waals surface area (Å²) in [6.07, 6.45) is 0. The lowest BCUT2D eigenvalue weighted by Gasteiger charge is -1.97. The molecule has 0 aliphatic rings. The molecule has 0 radical (unpaired) electrons. The monoisotopic (exact) mass is 138 g/mol. The Labute approximate surface area is 63.9 Å². The summed E-state index contributed by atoms with van der Waals surface area (Å²) >= 11 is 0. The lowest BCUT2D eigenvalue weighted by atomic mass is 10.1. The van der Waals surface area contributed by atoms with Crippen molar-refractivity contribution in [2.24, 2.45) is 5.73 Å². The Morgan fingerprint density at radius 3 is 2.80 bits per heavy atom. The third kappa shape index (κ3) is 1.16. The van der Waals surface area contributed by atoms with Crippen LogP contribution in [-0.4, -0.2) is 5.91 Å². The Morgan fingerprint density at radius 2 is 2.30 bits per heavy atom. The van der Waals surface area contributed by atoms with Crippen LogP contribution < -0.4 is 5.73 Å². The molecule has 1 aromatic carbocycles. The van der Waals surface area contributed by atoms with Crippen LogP contribution in [0.25, 0.3) is 0 Å². The average molecular weight is 138 g/mol. The number of benzene rings is 1. The van der Waals surface area contributed by atoms with Crippen LogP contribution in [-0.2, 0) is 0 Å². The maximum absolute atomic E-state index is 10.8. The molecule has 0 saturated heterocycles. The molecule has 1 aromatic rings. The van der Waals surface area contributed by atoms with Crippen molar-refractivity contribution in [2.75, 3.05) is 0 Å². The van der Waals surface area contributed by atoms with Crippen LogP contribution >= 0.6 is 0 Å². The lowest BCUT2D eigenvalue weighted by molar-refractivity contribution is 0.1000. The van der Waals surface area contributed by atoms with E-state index in [9.17, 15) is 4.79 Å². The molecule has 0 fully saturated rings. The van der Waals surface area contributed by atoms with Crippen molar-refractivity contribution < 1.29 is 8.91 Å². The Morgan fingerprint density at radius 1 is 1.60 bits per heavy atom. The number of primary amides is 1. The fourth-order valence-electron chi connectivity index (χ4n) is 0.698. The third-order valence-electron chi connectivity index (χ3n) is 1.19. The molecular formula is C8H9NO. The average Bonchev–Trinajstić information content (AvgIpc) is 2.03. The van der Waals surface area contributed by atoms with E-state index in [2.05, 4.69) is 0 Å². The highest BCUT2D eigenvalue weighted by atomic mass is 16.1. The van der Waals surface area contributed by atoms with E-state index in [0.29, 0.717) is 0 Å². The summed E-state index contributed by atoms with van der Waals surface area (Å²) < 4.78 is 21.4. The van der Waals surface area contributed by atoms with E-state index in [-0.39, 0.29) is 11.1 Å². The largest absolute Gasteiger partial charge is 0.366 e.